The molecule has 2 bridgehead atoms. The molecular formula is C16H17FN2OS. The molecule has 0 spiro atoms. The predicted octanol–water partition coefficient (Wildman–Crippen LogP) is 3.05. The smallest absolute Gasteiger partial charge is 0.261 e. The summed E-state index contributed by atoms with van der Waals surface area (Å²) in [5, 5.41) is 7.52. The van der Waals surface area contributed by atoms with Crippen molar-refractivity contribution >= 4 is 27.3 Å². The van der Waals surface area contributed by atoms with Crippen LogP contribution in [0.25, 0.3) is 10.1 Å². The summed E-state index contributed by atoms with van der Waals surface area (Å²) in [6, 6.07) is 7.82. The Morgan fingerprint density at radius 1 is 1.24 bits per heavy atom. The van der Waals surface area contributed by atoms with Crippen molar-refractivity contribution in [1.82, 2.24) is 10.6 Å². The minimum Gasteiger partial charge on any atom is -0.348 e. The Morgan fingerprint density at radius 3 is 2.76 bits per heavy atom. The van der Waals surface area contributed by atoms with E-state index < -0.39 is 0 Å². The second kappa shape index (κ2) is 5.07. The Hall–Kier alpha value is -1.46. The molecule has 0 aliphatic carbocycles. The molecule has 3 nitrogen and oxygen atoms in total. The van der Waals surface area contributed by atoms with Crippen molar-refractivity contribution in [3.8, 4) is 0 Å². The Labute approximate surface area is 126 Å². The van der Waals surface area contributed by atoms with E-state index in [0.29, 0.717) is 17.0 Å². The molecule has 2 saturated heterocycles. The summed E-state index contributed by atoms with van der Waals surface area (Å²) >= 11 is 1.43. The number of nitrogens with one attached hydrogen (secondary N) is 2. The highest BCUT2D eigenvalue weighted by Crippen LogP contribution is 2.29. The second-order valence-corrected chi connectivity index (χ2v) is 7.16. The van der Waals surface area contributed by atoms with Crippen LogP contribution in [0.3, 0.4) is 0 Å². The lowest BCUT2D eigenvalue weighted by Crippen LogP contribution is -2.47. The summed E-state index contributed by atoms with van der Waals surface area (Å²) in [6.45, 7) is 0. The first-order valence-electron chi connectivity index (χ1n) is 7.43. The summed E-state index contributed by atoms with van der Waals surface area (Å²) in [5.41, 5.74) is 0. The molecule has 1 aromatic heterocycles. The number of rotatable bonds is 2. The van der Waals surface area contributed by atoms with Crippen LogP contribution in [0.1, 0.15) is 35.4 Å². The average molecular weight is 304 g/mol. The number of carbonyl (C=O) groups is 1. The molecule has 5 heteroatoms. The number of benzene rings is 1. The van der Waals surface area contributed by atoms with Crippen molar-refractivity contribution in [1.29, 1.82) is 0 Å². The maximum Gasteiger partial charge on any atom is 0.261 e. The summed E-state index contributed by atoms with van der Waals surface area (Å²) in [7, 11) is 0. The van der Waals surface area contributed by atoms with Gasteiger partial charge in [-0.05, 0) is 55.3 Å². The first-order chi connectivity index (χ1) is 10.2. The van der Waals surface area contributed by atoms with Gasteiger partial charge in [0.25, 0.3) is 5.91 Å². The van der Waals surface area contributed by atoms with Crippen molar-refractivity contribution in [2.75, 3.05) is 0 Å². The Kier molecular flexibility index (Phi) is 3.19. The largest absolute Gasteiger partial charge is 0.348 e. The molecule has 21 heavy (non-hydrogen) atoms. The summed E-state index contributed by atoms with van der Waals surface area (Å²) in [5.74, 6) is -0.287. The van der Waals surface area contributed by atoms with Crippen LogP contribution in [-0.2, 0) is 0 Å². The number of fused-ring (bicyclic) bond motifs is 3. The number of piperidine rings is 1. The van der Waals surface area contributed by atoms with E-state index >= 15 is 0 Å². The SMILES string of the molecule is O=C(NC1CC2CCC(C1)N2)c1cc2cc(F)ccc2s1. The van der Waals surface area contributed by atoms with Gasteiger partial charge in [0, 0.05) is 22.8 Å². The topological polar surface area (TPSA) is 41.1 Å². The second-order valence-electron chi connectivity index (χ2n) is 6.07. The molecule has 3 heterocycles. The zero-order chi connectivity index (χ0) is 14.4. The molecule has 1 amide bonds. The van der Waals surface area contributed by atoms with Gasteiger partial charge in [-0.1, -0.05) is 0 Å². The number of hydrogen-bond donors (Lipinski definition) is 2. The van der Waals surface area contributed by atoms with Crippen LogP contribution in [-0.4, -0.2) is 24.0 Å². The van der Waals surface area contributed by atoms with Crippen LogP contribution in [0.5, 0.6) is 0 Å². The van der Waals surface area contributed by atoms with Crippen LogP contribution in [0.2, 0.25) is 0 Å². The fourth-order valence-corrected chi connectivity index (χ4v) is 4.50. The van der Waals surface area contributed by atoms with E-state index in [0.717, 1.165) is 22.9 Å². The van der Waals surface area contributed by atoms with Gasteiger partial charge in [0.1, 0.15) is 5.82 Å². The molecule has 0 saturated carbocycles. The summed E-state index contributed by atoms with van der Waals surface area (Å²) in [6.07, 6.45) is 4.47. The van der Waals surface area contributed by atoms with Gasteiger partial charge in [0.2, 0.25) is 0 Å². The molecule has 1 aromatic carbocycles. The van der Waals surface area contributed by atoms with Gasteiger partial charge in [0.15, 0.2) is 0 Å². The van der Waals surface area contributed by atoms with Gasteiger partial charge in [-0.3, -0.25) is 4.79 Å². The van der Waals surface area contributed by atoms with E-state index in [-0.39, 0.29) is 17.8 Å². The van der Waals surface area contributed by atoms with Gasteiger partial charge in [-0.15, -0.1) is 11.3 Å². The van der Waals surface area contributed by atoms with Crippen molar-refractivity contribution in [2.24, 2.45) is 0 Å². The molecule has 2 aliphatic heterocycles. The van der Waals surface area contributed by atoms with E-state index in [9.17, 15) is 9.18 Å². The third-order valence-electron chi connectivity index (χ3n) is 4.51. The van der Waals surface area contributed by atoms with Crippen LogP contribution < -0.4 is 10.6 Å². The lowest BCUT2D eigenvalue weighted by atomic mass is 10.00. The molecule has 2 aliphatic rings. The van der Waals surface area contributed by atoms with E-state index in [2.05, 4.69) is 10.6 Å². The zero-order valence-electron chi connectivity index (χ0n) is 11.6. The average Bonchev–Trinajstić information content (AvgIpc) is 3.02. The van der Waals surface area contributed by atoms with Gasteiger partial charge in [0.05, 0.1) is 4.88 Å². The number of carbonyl (C=O) groups excluding carboxylic acids is 1. The van der Waals surface area contributed by atoms with E-state index in [1.165, 1.54) is 36.3 Å². The molecule has 2 unspecified atom stereocenters. The lowest BCUT2D eigenvalue weighted by Gasteiger charge is -2.29. The Morgan fingerprint density at radius 2 is 2.00 bits per heavy atom. The van der Waals surface area contributed by atoms with Crippen molar-refractivity contribution in [3.05, 3.63) is 35.0 Å². The number of halogens is 1. The molecule has 110 valence electrons. The molecule has 2 N–H and O–H groups in total. The summed E-state index contributed by atoms with van der Waals surface area (Å²) < 4.78 is 14.2. The number of thiophene rings is 1. The normalized spacial score (nSPS) is 28.0. The van der Waals surface area contributed by atoms with Crippen LogP contribution in [0.15, 0.2) is 24.3 Å². The lowest BCUT2D eigenvalue weighted by molar-refractivity contribution is 0.0928. The monoisotopic (exact) mass is 304 g/mol. The van der Waals surface area contributed by atoms with Crippen LogP contribution in [0.4, 0.5) is 4.39 Å². The molecule has 2 atom stereocenters. The van der Waals surface area contributed by atoms with E-state index in [4.69, 9.17) is 0 Å². The first kappa shape index (κ1) is 13.2. The molecule has 2 fully saturated rings. The predicted molar refractivity (Wildman–Crippen MR) is 82.2 cm³/mol. The Balaban J connectivity index is 1.50. The molecule has 2 aromatic rings. The fourth-order valence-electron chi connectivity index (χ4n) is 3.56. The standard InChI is InChI=1S/C16H17FN2OS/c17-10-1-4-14-9(5-10)6-15(21-14)16(20)19-13-7-11-2-3-12(8-13)18-11/h1,4-6,11-13,18H,2-3,7-8H2,(H,19,20). The van der Waals surface area contributed by atoms with Crippen LogP contribution in [0, 0.1) is 5.82 Å². The van der Waals surface area contributed by atoms with Gasteiger partial charge >= 0.3 is 0 Å². The highest BCUT2D eigenvalue weighted by atomic mass is 32.1. The molecular weight excluding hydrogens is 287 g/mol. The number of amides is 1. The van der Waals surface area contributed by atoms with Gasteiger partial charge < -0.3 is 10.6 Å². The maximum absolute atomic E-state index is 13.2. The highest BCUT2D eigenvalue weighted by Gasteiger charge is 2.34. The third kappa shape index (κ3) is 2.56. The number of hydrogen-bond acceptors (Lipinski definition) is 3. The van der Waals surface area contributed by atoms with Gasteiger partial charge in [-0.25, -0.2) is 4.39 Å². The van der Waals surface area contributed by atoms with E-state index in [1.54, 1.807) is 12.1 Å². The van der Waals surface area contributed by atoms with Crippen molar-refractivity contribution in [3.63, 3.8) is 0 Å². The third-order valence-corrected chi connectivity index (χ3v) is 5.63. The van der Waals surface area contributed by atoms with Gasteiger partial charge in [-0.2, -0.15) is 0 Å². The fraction of sp³-hybridized carbons (Fsp3) is 0.438. The van der Waals surface area contributed by atoms with E-state index in [1.807, 2.05) is 0 Å². The molecule has 0 radical (unpaired) electrons. The minimum absolute atomic E-state index is 0.0251. The highest BCUT2D eigenvalue weighted by molar-refractivity contribution is 7.20. The minimum atomic E-state index is -0.262. The Bertz CT molecular complexity index is 687. The first-order valence-corrected chi connectivity index (χ1v) is 8.25. The van der Waals surface area contributed by atoms with Crippen molar-refractivity contribution in [2.45, 2.75) is 43.8 Å². The zero-order valence-corrected chi connectivity index (χ0v) is 12.4. The molecule has 4 rings (SSSR count). The van der Waals surface area contributed by atoms with Crippen LogP contribution >= 0.6 is 11.3 Å². The van der Waals surface area contributed by atoms with Crippen molar-refractivity contribution < 1.29 is 9.18 Å². The summed E-state index contributed by atoms with van der Waals surface area (Å²) in [4.78, 5) is 13.1. The maximum atomic E-state index is 13.2. The quantitative estimate of drug-likeness (QED) is 0.895.